The molecule has 0 aliphatic carbocycles. The first kappa shape index (κ1) is 11.0. The monoisotopic (exact) mass is 169 g/mol. The van der Waals surface area contributed by atoms with Crippen LogP contribution in [0.2, 0.25) is 0 Å². The lowest BCUT2D eigenvalue weighted by molar-refractivity contribution is -0.113. The van der Waals surface area contributed by atoms with Crippen LogP contribution in [0.25, 0.3) is 0 Å². The van der Waals surface area contributed by atoms with E-state index in [1.165, 1.54) is 6.08 Å². The predicted octanol–water partition coefficient (Wildman–Crippen LogP) is 2.66. The van der Waals surface area contributed by atoms with Crippen LogP contribution < -0.4 is 0 Å². The minimum Gasteiger partial charge on any atom is -0.264 e. The highest BCUT2D eigenvalue weighted by Gasteiger charge is 2.04. The van der Waals surface area contributed by atoms with Gasteiger partial charge in [-0.25, -0.2) is 0 Å². The maximum absolute atomic E-state index is 10.6. The summed E-state index contributed by atoms with van der Waals surface area (Å²) in [5, 5.41) is 2.31. The average molecular weight is 169 g/mol. The first-order valence-corrected chi connectivity index (χ1v) is 4.17. The smallest absolute Gasteiger partial charge is 0.264 e. The van der Waals surface area contributed by atoms with Crippen molar-refractivity contribution >= 4 is 5.91 Å². The zero-order chi connectivity index (χ0) is 9.56. The number of hydrogen-bond donors (Lipinski definition) is 0. The molecular weight excluding hydrogens is 154 g/mol. The molecule has 0 N–H and O–H groups in total. The Morgan fingerprint density at radius 1 is 1.58 bits per heavy atom. The molecule has 68 valence electrons. The van der Waals surface area contributed by atoms with Crippen LogP contribution in [0.5, 0.6) is 0 Å². The first-order chi connectivity index (χ1) is 5.61. The summed E-state index contributed by atoms with van der Waals surface area (Å²) >= 11 is 0. The van der Waals surface area contributed by atoms with Gasteiger partial charge >= 0.3 is 5.91 Å². The fourth-order valence-electron chi connectivity index (χ4n) is 1.02. The minimum absolute atomic E-state index is 0.362. The number of amides is 1. The molecule has 0 saturated heterocycles. The number of allylic oxidation sites excluding steroid dienone is 1. The summed E-state index contributed by atoms with van der Waals surface area (Å²) in [5.41, 5.74) is 0.932. The first-order valence-electron chi connectivity index (χ1n) is 4.17. The number of carbonyl (C=O) groups excluding carboxylic acids is 1. The van der Waals surface area contributed by atoms with E-state index in [0.717, 1.165) is 18.4 Å². The molecule has 1 unspecified atom stereocenters. The molecule has 0 rings (SSSR count). The Bertz CT molecular complexity index is 197. The summed E-state index contributed by atoms with van der Waals surface area (Å²) in [7, 11) is 0. The van der Waals surface area contributed by atoms with Gasteiger partial charge in [-0.15, -0.1) is 4.91 Å². The number of rotatable bonds is 4. The molecular formula is C9H15NO2. The van der Waals surface area contributed by atoms with Crippen molar-refractivity contribution in [3.8, 4) is 0 Å². The van der Waals surface area contributed by atoms with Gasteiger partial charge in [0.2, 0.25) is 0 Å². The van der Waals surface area contributed by atoms with Crippen molar-refractivity contribution in [3.63, 3.8) is 0 Å². The van der Waals surface area contributed by atoms with Crippen LogP contribution in [-0.2, 0) is 4.79 Å². The minimum atomic E-state index is -0.685. The fraction of sp³-hybridized carbons (Fsp3) is 0.667. The maximum atomic E-state index is 10.6. The average Bonchev–Trinajstić information content (AvgIpc) is 2.04. The highest BCUT2D eigenvalue weighted by Crippen LogP contribution is 2.15. The lowest BCUT2D eigenvalue weighted by Crippen LogP contribution is -1.98. The van der Waals surface area contributed by atoms with Crippen LogP contribution in [-0.4, -0.2) is 5.91 Å². The molecule has 1 amide bonds. The lowest BCUT2D eigenvalue weighted by Gasteiger charge is -2.08. The van der Waals surface area contributed by atoms with Crippen molar-refractivity contribution in [1.82, 2.24) is 0 Å². The third-order valence-electron chi connectivity index (χ3n) is 1.94. The van der Waals surface area contributed by atoms with Crippen molar-refractivity contribution in [2.75, 3.05) is 0 Å². The van der Waals surface area contributed by atoms with Crippen molar-refractivity contribution in [3.05, 3.63) is 16.6 Å². The Labute approximate surface area is 72.8 Å². The van der Waals surface area contributed by atoms with Crippen molar-refractivity contribution in [2.45, 2.75) is 33.6 Å². The molecule has 0 heterocycles. The topological polar surface area (TPSA) is 46.5 Å². The van der Waals surface area contributed by atoms with E-state index in [0.29, 0.717) is 5.92 Å². The second-order valence-electron chi connectivity index (χ2n) is 3.01. The van der Waals surface area contributed by atoms with Crippen molar-refractivity contribution in [1.29, 1.82) is 0 Å². The third-order valence-corrected chi connectivity index (χ3v) is 1.94. The number of nitroso groups, excluding NO2 is 1. The second kappa shape index (κ2) is 5.63. The van der Waals surface area contributed by atoms with E-state index in [-0.39, 0.29) is 0 Å². The van der Waals surface area contributed by atoms with Gasteiger partial charge in [0.25, 0.3) is 0 Å². The van der Waals surface area contributed by atoms with E-state index in [9.17, 15) is 9.70 Å². The Hall–Kier alpha value is -0.990. The molecule has 0 spiro atoms. The number of hydrogen-bond acceptors (Lipinski definition) is 2. The van der Waals surface area contributed by atoms with Crippen LogP contribution in [0.15, 0.2) is 16.8 Å². The van der Waals surface area contributed by atoms with E-state index in [1.807, 2.05) is 13.8 Å². The molecule has 0 aliphatic heterocycles. The number of carbonyl (C=O) groups is 1. The normalized spacial score (nSPS) is 14.1. The van der Waals surface area contributed by atoms with Crippen LogP contribution in [0.3, 0.4) is 0 Å². The maximum Gasteiger partial charge on any atom is 0.309 e. The molecule has 0 aromatic carbocycles. The third kappa shape index (κ3) is 4.01. The van der Waals surface area contributed by atoms with Gasteiger partial charge in [0.1, 0.15) is 0 Å². The molecule has 0 aliphatic rings. The molecule has 0 radical (unpaired) electrons. The Kier molecular flexibility index (Phi) is 5.17. The van der Waals surface area contributed by atoms with E-state index < -0.39 is 5.91 Å². The SMILES string of the molecule is CCCC(C)/C(C)=C/C(=O)N=O. The second-order valence-corrected chi connectivity index (χ2v) is 3.01. The van der Waals surface area contributed by atoms with Crippen LogP contribution in [0.1, 0.15) is 33.6 Å². The Morgan fingerprint density at radius 3 is 2.58 bits per heavy atom. The lowest BCUT2D eigenvalue weighted by atomic mass is 9.97. The van der Waals surface area contributed by atoms with E-state index >= 15 is 0 Å². The number of nitrogens with zero attached hydrogens (tertiary/aromatic N) is 1. The van der Waals surface area contributed by atoms with E-state index in [2.05, 4.69) is 12.1 Å². The van der Waals surface area contributed by atoms with Gasteiger partial charge in [-0.1, -0.05) is 25.8 Å². The van der Waals surface area contributed by atoms with Gasteiger partial charge in [-0.2, -0.15) is 0 Å². The molecule has 3 heteroatoms. The van der Waals surface area contributed by atoms with Crippen molar-refractivity contribution in [2.24, 2.45) is 11.1 Å². The Balaban J connectivity index is 4.15. The molecule has 0 aromatic heterocycles. The van der Waals surface area contributed by atoms with Crippen LogP contribution in [0, 0.1) is 10.8 Å². The molecule has 3 nitrogen and oxygen atoms in total. The zero-order valence-corrected chi connectivity index (χ0v) is 7.83. The highest BCUT2D eigenvalue weighted by molar-refractivity contribution is 5.88. The predicted molar refractivity (Wildman–Crippen MR) is 48.6 cm³/mol. The van der Waals surface area contributed by atoms with E-state index in [4.69, 9.17) is 0 Å². The van der Waals surface area contributed by atoms with E-state index in [1.54, 1.807) is 0 Å². The summed E-state index contributed by atoms with van der Waals surface area (Å²) < 4.78 is 0. The standard InChI is InChI=1S/C9H15NO2/c1-4-5-7(2)8(3)6-9(11)10-12/h6-7H,4-5H2,1-3H3/b8-6+. The summed E-state index contributed by atoms with van der Waals surface area (Å²) in [5.74, 6) is -0.323. The fourth-order valence-corrected chi connectivity index (χ4v) is 1.02. The zero-order valence-electron chi connectivity index (χ0n) is 7.83. The van der Waals surface area contributed by atoms with Crippen molar-refractivity contribution < 1.29 is 4.79 Å². The highest BCUT2D eigenvalue weighted by atomic mass is 16.3. The largest absolute Gasteiger partial charge is 0.309 e. The molecule has 0 fully saturated rings. The Morgan fingerprint density at radius 2 is 2.17 bits per heavy atom. The van der Waals surface area contributed by atoms with Gasteiger partial charge < -0.3 is 0 Å². The van der Waals surface area contributed by atoms with Gasteiger partial charge in [-0.05, 0) is 19.3 Å². The molecule has 0 aromatic rings. The van der Waals surface area contributed by atoms with Gasteiger partial charge in [0, 0.05) is 11.3 Å². The summed E-state index contributed by atoms with van der Waals surface area (Å²) in [6.07, 6.45) is 3.43. The summed E-state index contributed by atoms with van der Waals surface area (Å²) in [6.45, 7) is 5.97. The molecule has 1 atom stereocenters. The molecule has 12 heavy (non-hydrogen) atoms. The molecule has 0 saturated carbocycles. The summed E-state index contributed by atoms with van der Waals surface area (Å²) in [6, 6.07) is 0. The van der Waals surface area contributed by atoms with Crippen LogP contribution >= 0.6 is 0 Å². The molecule has 0 bridgehead atoms. The van der Waals surface area contributed by atoms with Crippen LogP contribution in [0.4, 0.5) is 0 Å². The van der Waals surface area contributed by atoms with Gasteiger partial charge in [-0.3, -0.25) is 4.79 Å². The van der Waals surface area contributed by atoms with Gasteiger partial charge in [0.05, 0.1) is 0 Å². The quantitative estimate of drug-likeness (QED) is 0.479. The van der Waals surface area contributed by atoms with Gasteiger partial charge in [0.15, 0.2) is 0 Å². The summed E-state index contributed by atoms with van der Waals surface area (Å²) in [4.78, 5) is 20.4.